The van der Waals surface area contributed by atoms with Crippen molar-refractivity contribution in [3.05, 3.63) is 42.7 Å². The highest BCUT2D eigenvalue weighted by molar-refractivity contribution is 7.88. The van der Waals surface area contributed by atoms with Crippen LogP contribution >= 0.6 is 0 Å². The fourth-order valence-corrected chi connectivity index (χ4v) is 4.86. The molecule has 0 N–H and O–H groups in total. The number of fused-ring (bicyclic) bond motifs is 1. The average Bonchev–Trinajstić information content (AvgIpc) is 3.10. The van der Waals surface area contributed by atoms with Crippen molar-refractivity contribution in [2.75, 3.05) is 12.8 Å². The largest absolute Gasteiger partial charge is 0.282 e. The molecule has 0 aromatic carbocycles. The van der Waals surface area contributed by atoms with Crippen LogP contribution < -0.4 is 0 Å². The molecule has 0 aliphatic carbocycles. The van der Waals surface area contributed by atoms with Gasteiger partial charge in [0.25, 0.3) is 0 Å². The van der Waals surface area contributed by atoms with Crippen LogP contribution in [-0.2, 0) is 16.4 Å². The van der Waals surface area contributed by atoms with Gasteiger partial charge in [-0.1, -0.05) is 6.42 Å². The molecule has 8 nitrogen and oxygen atoms in total. The van der Waals surface area contributed by atoms with E-state index in [2.05, 4.69) is 19.9 Å². The maximum atomic E-state index is 12.0. The first-order valence-corrected chi connectivity index (χ1v) is 10.9. The zero-order valence-electron chi connectivity index (χ0n) is 15.2. The minimum atomic E-state index is -3.15. The van der Waals surface area contributed by atoms with Crippen LogP contribution in [0.3, 0.4) is 0 Å². The van der Waals surface area contributed by atoms with E-state index in [9.17, 15) is 8.42 Å². The number of sulfonamides is 1. The summed E-state index contributed by atoms with van der Waals surface area (Å²) in [5.41, 5.74) is 2.44. The van der Waals surface area contributed by atoms with Crippen molar-refractivity contribution < 1.29 is 8.42 Å². The third kappa shape index (κ3) is 3.84. The molecule has 3 aromatic rings. The summed E-state index contributed by atoms with van der Waals surface area (Å²) in [5, 5.41) is 0. The fourth-order valence-electron chi connectivity index (χ4n) is 3.65. The molecule has 3 aromatic heterocycles. The molecule has 0 amide bonds. The Kier molecular flexibility index (Phi) is 4.88. The summed E-state index contributed by atoms with van der Waals surface area (Å²) >= 11 is 0. The summed E-state index contributed by atoms with van der Waals surface area (Å²) < 4.78 is 27.5. The number of rotatable bonds is 5. The van der Waals surface area contributed by atoms with Crippen LogP contribution in [0, 0.1) is 0 Å². The van der Waals surface area contributed by atoms with Gasteiger partial charge in [0.1, 0.15) is 5.69 Å². The highest BCUT2D eigenvalue weighted by Gasteiger charge is 2.28. The zero-order valence-corrected chi connectivity index (χ0v) is 16.0. The Morgan fingerprint density at radius 1 is 1.11 bits per heavy atom. The molecule has 27 heavy (non-hydrogen) atoms. The van der Waals surface area contributed by atoms with Crippen molar-refractivity contribution in [3.63, 3.8) is 0 Å². The molecular weight excluding hydrogens is 364 g/mol. The van der Waals surface area contributed by atoms with Gasteiger partial charge in [-0.25, -0.2) is 18.4 Å². The van der Waals surface area contributed by atoms with E-state index in [4.69, 9.17) is 0 Å². The Bertz CT molecular complexity index is 1030. The van der Waals surface area contributed by atoms with Crippen molar-refractivity contribution in [1.82, 2.24) is 28.6 Å². The molecule has 1 aliphatic rings. The number of aromatic nitrogens is 5. The van der Waals surface area contributed by atoms with Crippen molar-refractivity contribution in [1.29, 1.82) is 0 Å². The second-order valence-corrected chi connectivity index (χ2v) is 8.82. The minimum absolute atomic E-state index is 0.0556. The van der Waals surface area contributed by atoms with E-state index >= 15 is 0 Å². The Morgan fingerprint density at radius 2 is 2.00 bits per heavy atom. The van der Waals surface area contributed by atoms with E-state index in [1.165, 1.54) is 6.26 Å². The lowest BCUT2D eigenvalue weighted by Gasteiger charge is -2.33. The lowest BCUT2D eigenvalue weighted by atomic mass is 10.00. The smallest absolute Gasteiger partial charge is 0.234 e. The molecule has 1 aliphatic heterocycles. The number of piperidine rings is 1. The van der Waals surface area contributed by atoms with Crippen LogP contribution in [0.15, 0.2) is 37.1 Å². The summed E-state index contributed by atoms with van der Waals surface area (Å²) in [4.78, 5) is 17.5. The van der Waals surface area contributed by atoms with Crippen LogP contribution in [0.2, 0.25) is 0 Å². The van der Waals surface area contributed by atoms with Crippen molar-refractivity contribution in [3.8, 4) is 11.4 Å². The molecule has 1 atom stereocenters. The molecule has 0 radical (unpaired) electrons. The molecule has 0 saturated carbocycles. The number of hydrogen-bond donors (Lipinski definition) is 0. The summed E-state index contributed by atoms with van der Waals surface area (Å²) in [6, 6.07) is 1.90. The highest BCUT2D eigenvalue weighted by atomic mass is 32.2. The molecule has 0 spiro atoms. The Morgan fingerprint density at radius 3 is 2.78 bits per heavy atom. The molecule has 142 valence electrons. The van der Waals surface area contributed by atoms with Gasteiger partial charge in [0.05, 0.1) is 30.0 Å². The predicted molar refractivity (Wildman–Crippen MR) is 102 cm³/mol. The molecule has 0 bridgehead atoms. The number of hydrogen-bond acceptors (Lipinski definition) is 6. The second kappa shape index (κ2) is 7.32. The Hall–Kier alpha value is -2.39. The molecule has 1 fully saturated rings. The minimum Gasteiger partial charge on any atom is -0.282 e. The van der Waals surface area contributed by atoms with Gasteiger partial charge in [-0.15, -0.1) is 0 Å². The summed E-state index contributed by atoms with van der Waals surface area (Å²) in [5.74, 6) is 0.622. The molecule has 1 saturated heterocycles. The third-order valence-corrected chi connectivity index (χ3v) is 6.32. The zero-order chi connectivity index (χ0) is 18.9. The van der Waals surface area contributed by atoms with Crippen LogP contribution in [0.25, 0.3) is 17.2 Å². The second-order valence-electron chi connectivity index (χ2n) is 6.89. The topological polar surface area (TPSA) is 93.4 Å². The SMILES string of the molecule is CS(=O)(=O)N1CCCC[C@@H]1CCc1cnc(-c2cnc3ncccn23)cn1. The normalized spacial score (nSPS) is 18.8. The van der Waals surface area contributed by atoms with Gasteiger partial charge >= 0.3 is 0 Å². The Balaban J connectivity index is 1.47. The Labute approximate surface area is 158 Å². The number of aryl methyl sites for hydroxylation is 1. The molecular formula is C18H22N6O2S. The van der Waals surface area contributed by atoms with E-state index in [1.54, 1.807) is 29.1 Å². The van der Waals surface area contributed by atoms with Gasteiger partial charge < -0.3 is 0 Å². The summed E-state index contributed by atoms with van der Waals surface area (Å²) in [6.45, 7) is 0.621. The van der Waals surface area contributed by atoms with Crippen LogP contribution in [-0.4, -0.2) is 55.9 Å². The number of imidazole rings is 1. The first-order chi connectivity index (χ1) is 13.0. The fraction of sp³-hybridized carbons (Fsp3) is 0.444. The molecule has 4 heterocycles. The van der Waals surface area contributed by atoms with Crippen LogP contribution in [0.1, 0.15) is 31.4 Å². The van der Waals surface area contributed by atoms with E-state index in [-0.39, 0.29) is 6.04 Å². The van der Waals surface area contributed by atoms with E-state index in [0.29, 0.717) is 18.7 Å². The van der Waals surface area contributed by atoms with Gasteiger partial charge in [-0.3, -0.25) is 14.4 Å². The third-order valence-electron chi connectivity index (χ3n) is 4.99. The van der Waals surface area contributed by atoms with Gasteiger partial charge in [-0.2, -0.15) is 4.31 Å². The van der Waals surface area contributed by atoms with E-state index in [1.807, 2.05) is 16.7 Å². The van der Waals surface area contributed by atoms with Crippen molar-refractivity contribution in [2.45, 2.75) is 38.1 Å². The maximum absolute atomic E-state index is 12.0. The molecule has 0 unspecified atom stereocenters. The monoisotopic (exact) mass is 386 g/mol. The van der Waals surface area contributed by atoms with Crippen LogP contribution in [0.4, 0.5) is 0 Å². The predicted octanol–water partition coefficient (Wildman–Crippen LogP) is 1.93. The van der Waals surface area contributed by atoms with Gasteiger partial charge in [0.15, 0.2) is 0 Å². The average molecular weight is 386 g/mol. The van der Waals surface area contributed by atoms with Crippen molar-refractivity contribution >= 4 is 15.8 Å². The van der Waals surface area contributed by atoms with Gasteiger partial charge in [-0.05, 0) is 31.7 Å². The van der Waals surface area contributed by atoms with Crippen LogP contribution in [0.5, 0.6) is 0 Å². The highest BCUT2D eigenvalue weighted by Crippen LogP contribution is 2.23. The first kappa shape index (κ1) is 18.0. The number of nitrogens with zero attached hydrogens (tertiary/aromatic N) is 6. The van der Waals surface area contributed by atoms with Crippen molar-refractivity contribution in [2.24, 2.45) is 0 Å². The summed E-state index contributed by atoms with van der Waals surface area (Å²) in [6.07, 6.45) is 14.5. The van der Waals surface area contributed by atoms with Gasteiger partial charge in [0, 0.05) is 31.2 Å². The lowest BCUT2D eigenvalue weighted by molar-refractivity contribution is 0.242. The van der Waals surface area contributed by atoms with Gasteiger partial charge in [0.2, 0.25) is 15.8 Å². The molecule has 9 heteroatoms. The standard InChI is InChI=1S/C18H22N6O2S/c1-27(25,26)24-10-3-2-5-15(24)7-6-14-11-21-16(12-20-14)17-13-22-18-19-8-4-9-23(17)18/h4,8-9,11-13,15H,2-3,5-7,10H2,1H3/t15-/m1/s1. The quantitative estimate of drug-likeness (QED) is 0.665. The summed E-state index contributed by atoms with van der Waals surface area (Å²) in [7, 11) is -3.15. The maximum Gasteiger partial charge on any atom is 0.234 e. The van der Waals surface area contributed by atoms with E-state index in [0.717, 1.165) is 42.8 Å². The van der Waals surface area contributed by atoms with E-state index < -0.39 is 10.0 Å². The first-order valence-electron chi connectivity index (χ1n) is 9.08. The molecule has 4 rings (SSSR count). The lowest BCUT2D eigenvalue weighted by Crippen LogP contribution is -2.43.